The van der Waals surface area contributed by atoms with Crippen LogP contribution in [0.4, 0.5) is 11.4 Å². The minimum atomic E-state index is -3.80. The molecule has 176 valence electrons. The summed E-state index contributed by atoms with van der Waals surface area (Å²) in [5.74, 6) is 0.0186. The minimum absolute atomic E-state index is 0.162. The van der Waals surface area contributed by atoms with Crippen LogP contribution >= 0.6 is 11.6 Å². The van der Waals surface area contributed by atoms with E-state index in [9.17, 15) is 13.2 Å². The van der Waals surface area contributed by atoms with Crippen LogP contribution in [0.1, 0.15) is 19.4 Å². The fraction of sp³-hybridized carbons (Fsp3) is 0.409. The van der Waals surface area contributed by atoms with Crippen molar-refractivity contribution in [2.24, 2.45) is 0 Å². The molecule has 0 bridgehead atoms. The van der Waals surface area contributed by atoms with E-state index in [0.29, 0.717) is 0 Å². The lowest BCUT2D eigenvalue weighted by molar-refractivity contribution is -0.119. The molecule has 0 aliphatic rings. The van der Waals surface area contributed by atoms with Gasteiger partial charge in [-0.1, -0.05) is 23.7 Å². The van der Waals surface area contributed by atoms with Crippen LogP contribution in [0.2, 0.25) is 5.02 Å². The Morgan fingerprint density at radius 3 is 2.12 bits per heavy atom. The predicted molar refractivity (Wildman–Crippen MR) is 129 cm³/mol. The van der Waals surface area contributed by atoms with E-state index in [1.54, 1.807) is 0 Å². The third kappa shape index (κ3) is 6.43. The third-order valence-corrected chi connectivity index (χ3v) is 6.39. The first-order chi connectivity index (χ1) is 15.1. The molecule has 0 heterocycles. The van der Waals surface area contributed by atoms with E-state index < -0.39 is 22.5 Å². The first kappa shape index (κ1) is 25.6. The van der Waals surface area contributed by atoms with E-state index in [1.165, 1.54) is 26.4 Å². The molecule has 0 aliphatic heterocycles. The topological polar surface area (TPSA) is 88.2 Å². The van der Waals surface area contributed by atoms with Gasteiger partial charge in [-0.2, -0.15) is 0 Å². The van der Waals surface area contributed by atoms with Gasteiger partial charge in [0.1, 0.15) is 18.0 Å². The number of nitrogens with one attached hydrogen (secondary N) is 1. The van der Waals surface area contributed by atoms with Gasteiger partial charge in [-0.3, -0.25) is 9.10 Å². The maximum absolute atomic E-state index is 12.6. The predicted octanol–water partition coefficient (Wildman–Crippen LogP) is 3.29. The van der Waals surface area contributed by atoms with Gasteiger partial charge in [0.05, 0.1) is 31.2 Å². The van der Waals surface area contributed by atoms with Crippen molar-refractivity contribution in [1.29, 1.82) is 0 Å². The molecular formula is C22H30ClN3O5S. The molecule has 32 heavy (non-hydrogen) atoms. The zero-order chi connectivity index (χ0) is 23.9. The summed E-state index contributed by atoms with van der Waals surface area (Å²) in [6, 6.07) is 10.8. The van der Waals surface area contributed by atoms with E-state index in [2.05, 4.69) is 24.1 Å². The normalized spacial score (nSPS) is 11.1. The minimum Gasteiger partial charge on any atom is -0.495 e. The molecule has 1 N–H and O–H groups in total. The van der Waals surface area contributed by atoms with Crippen molar-refractivity contribution < 1.29 is 22.7 Å². The first-order valence-electron chi connectivity index (χ1n) is 10.1. The zero-order valence-electron chi connectivity index (χ0n) is 19.0. The van der Waals surface area contributed by atoms with Crippen LogP contribution < -0.4 is 24.0 Å². The van der Waals surface area contributed by atoms with Crippen LogP contribution in [0.5, 0.6) is 11.5 Å². The highest BCUT2D eigenvalue weighted by molar-refractivity contribution is 7.92. The summed E-state index contributed by atoms with van der Waals surface area (Å²) in [4.78, 5) is 14.8. The Bertz CT molecular complexity index is 1020. The number of ether oxygens (including phenoxy) is 2. The van der Waals surface area contributed by atoms with Gasteiger partial charge in [0.25, 0.3) is 0 Å². The highest BCUT2D eigenvalue weighted by Crippen LogP contribution is 2.38. The summed E-state index contributed by atoms with van der Waals surface area (Å²) >= 11 is 6.12. The van der Waals surface area contributed by atoms with Gasteiger partial charge in [-0.15, -0.1) is 0 Å². The third-order valence-electron chi connectivity index (χ3n) is 4.96. The van der Waals surface area contributed by atoms with Crippen molar-refractivity contribution in [2.75, 3.05) is 49.3 Å². The van der Waals surface area contributed by atoms with Crippen LogP contribution in [0.3, 0.4) is 0 Å². The molecule has 0 spiro atoms. The average molecular weight is 484 g/mol. The lowest BCUT2D eigenvalue weighted by Crippen LogP contribution is -2.40. The zero-order valence-corrected chi connectivity index (χ0v) is 20.6. The van der Waals surface area contributed by atoms with Gasteiger partial charge in [0, 0.05) is 37.5 Å². The van der Waals surface area contributed by atoms with Gasteiger partial charge in [-0.25, -0.2) is 8.42 Å². The van der Waals surface area contributed by atoms with Crippen molar-refractivity contribution >= 4 is 38.9 Å². The molecule has 0 radical (unpaired) electrons. The summed E-state index contributed by atoms with van der Waals surface area (Å²) in [5, 5.41) is 3.03. The first-order valence-corrected chi connectivity index (χ1v) is 12.4. The Kier molecular flexibility index (Phi) is 9.03. The molecule has 8 nitrogen and oxygen atoms in total. The van der Waals surface area contributed by atoms with E-state index in [0.717, 1.165) is 34.9 Å². The number of hydrogen-bond acceptors (Lipinski definition) is 6. The fourth-order valence-electron chi connectivity index (χ4n) is 3.22. The van der Waals surface area contributed by atoms with E-state index in [-0.39, 0.29) is 28.8 Å². The molecule has 0 fully saturated rings. The van der Waals surface area contributed by atoms with Gasteiger partial charge in [0.15, 0.2) is 0 Å². The molecule has 0 aliphatic carbocycles. The van der Waals surface area contributed by atoms with Gasteiger partial charge in [-0.05, 0) is 31.5 Å². The number of methoxy groups -OCH3 is 2. The second-order valence-corrected chi connectivity index (χ2v) is 9.36. The SMILES string of the molecule is CCN(CC)c1ccc(CNC(=O)CN(c2cc(OC)c(Cl)cc2OC)S(C)(=O)=O)cc1. The number of benzene rings is 2. The quantitative estimate of drug-likeness (QED) is 0.527. The number of nitrogens with zero attached hydrogens (tertiary/aromatic N) is 2. The largest absolute Gasteiger partial charge is 0.495 e. The number of amides is 1. The standard InChI is InChI=1S/C22H30ClN3O5S/c1-6-25(7-2)17-10-8-16(9-11-17)14-24-22(27)15-26(32(5,28)29)19-13-20(30-3)18(23)12-21(19)31-4/h8-13H,6-7,14-15H2,1-5H3,(H,24,27). The highest BCUT2D eigenvalue weighted by atomic mass is 35.5. The van der Waals surface area contributed by atoms with Crippen LogP contribution in [-0.4, -0.2) is 54.4 Å². The van der Waals surface area contributed by atoms with Crippen LogP contribution in [0.25, 0.3) is 0 Å². The molecule has 2 aromatic carbocycles. The Labute approximate surface area is 195 Å². The van der Waals surface area contributed by atoms with Gasteiger partial charge >= 0.3 is 0 Å². The second kappa shape index (κ2) is 11.3. The molecule has 0 atom stereocenters. The number of carbonyl (C=O) groups excluding carboxylic acids is 1. The number of carbonyl (C=O) groups is 1. The van der Waals surface area contributed by atoms with E-state index in [4.69, 9.17) is 21.1 Å². The van der Waals surface area contributed by atoms with Crippen molar-refractivity contribution in [3.63, 3.8) is 0 Å². The van der Waals surface area contributed by atoms with Crippen molar-refractivity contribution in [3.05, 3.63) is 47.0 Å². The number of sulfonamides is 1. The molecule has 10 heteroatoms. The maximum atomic E-state index is 12.6. The van der Waals surface area contributed by atoms with E-state index >= 15 is 0 Å². The Morgan fingerprint density at radius 1 is 1.03 bits per heavy atom. The van der Waals surface area contributed by atoms with Crippen LogP contribution in [-0.2, 0) is 21.4 Å². The number of rotatable bonds is 11. The molecule has 2 aromatic rings. The fourth-order valence-corrected chi connectivity index (χ4v) is 4.30. The van der Waals surface area contributed by atoms with Crippen molar-refractivity contribution in [2.45, 2.75) is 20.4 Å². The molecule has 0 aromatic heterocycles. The summed E-state index contributed by atoms with van der Waals surface area (Å²) in [6.45, 7) is 5.86. The summed E-state index contributed by atoms with van der Waals surface area (Å²) < 4.78 is 36.4. The van der Waals surface area contributed by atoms with Crippen LogP contribution in [0, 0.1) is 0 Å². The van der Waals surface area contributed by atoms with Crippen molar-refractivity contribution in [1.82, 2.24) is 5.32 Å². The van der Waals surface area contributed by atoms with Crippen LogP contribution in [0.15, 0.2) is 36.4 Å². The van der Waals surface area contributed by atoms with Crippen molar-refractivity contribution in [3.8, 4) is 11.5 Å². The van der Waals surface area contributed by atoms with Gasteiger partial charge in [0.2, 0.25) is 15.9 Å². The smallest absolute Gasteiger partial charge is 0.241 e. The molecule has 1 amide bonds. The average Bonchev–Trinajstić information content (AvgIpc) is 2.77. The number of hydrogen-bond donors (Lipinski definition) is 1. The Balaban J connectivity index is 2.17. The molecule has 2 rings (SSSR count). The Morgan fingerprint density at radius 2 is 1.62 bits per heavy atom. The summed E-state index contributed by atoms with van der Waals surface area (Å²) in [6.07, 6.45) is 1.02. The molecule has 0 saturated heterocycles. The van der Waals surface area contributed by atoms with E-state index in [1.807, 2.05) is 24.3 Å². The molecule has 0 saturated carbocycles. The Hall–Kier alpha value is -2.65. The highest BCUT2D eigenvalue weighted by Gasteiger charge is 2.25. The number of halogens is 1. The monoisotopic (exact) mass is 483 g/mol. The summed E-state index contributed by atoms with van der Waals surface area (Å²) in [5.41, 5.74) is 2.18. The van der Waals surface area contributed by atoms with Gasteiger partial charge < -0.3 is 19.7 Å². The number of anilines is 2. The lowest BCUT2D eigenvalue weighted by Gasteiger charge is -2.24. The maximum Gasteiger partial charge on any atom is 0.241 e. The lowest BCUT2D eigenvalue weighted by atomic mass is 10.2. The second-order valence-electron chi connectivity index (χ2n) is 7.04. The molecule has 0 unspecified atom stereocenters. The molecular weight excluding hydrogens is 454 g/mol. The summed E-state index contributed by atoms with van der Waals surface area (Å²) in [7, 11) is -0.989.